The lowest BCUT2D eigenvalue weighted by atomic mass is 9.73. The second-order valence-corrected chi connectivity index (χ2v) is 9.67. The number of amides is 1. The molecule has 0 saturated carbocycles. The summed E-state index contributed by atoms with van der Waals surface area (Å²) in [7, 11) is 0. The highest BCUT2D eigenvalue weighted by Crippen LogP contribution is 2.46. The average Bonchev–Trinajstić information content (AvgIpc) is 2.99. The van der Waals surface area contributed by atoms with Crippen molar-refractivity contribution in [1.82, 2.24) is 10.2 Å². The number of nitrogens with one attached hydrogen (secondary N) is 1. The van der Waals surface area contributed by atoms with Gasteiger partial charge in [0, 0.05) is 36.1 Å². The lowest BCUT2D eigenvalue weighted by Crippen LogP contribution is -2.69. The Labute approximate surface area is 188 Å². The Balaban J connectivity index is 1.55. The maximum absolute atomic E-state index is 15.1. The fourth-order valence-corrected chi connectivity index (χ4v) is 5.41. The zero-order valence-corrected chi connectivity index (χ0v) is 18.0. The van der Waals surface area contributed by atoms with Gasteiger partial charge in [0.2, 0.25) is 5.91 Å². The molecule has 3 N–H and O–H groups in total. The molecule has 0 unspecified atom stereocenters. The Bertz CT molecular complexity index is 1060. The molecule has 5 nitrogen and oxygen atoms in total. The first-order valence-corrected chi connectivity index (χ1v) is 10.8. The first-order valence-electron chi connectivity index (χ1n) is 10.0. The highest BCUT2D eigenvalue weighted by atomic mass is 35.5. The second-order valence-electron chi connectivity index (χ2n) is 8.83. The van der Waals surface area contributed by atoms with Crippen molar-refractivity contribution >= 4 is 29.1 Å². The van der Waals surface area contributed by atoms with Gasteiger partial charge in [0.25, 0.3) is 0 Å². The number of nitrogens with zero attached hydrogens (tertiary/aromatic N) is 1. The number of rotatable bonds is 3. The number of hydrogen-bond donors (Lipinski definition) is 2. The maximum Gasteiger partial charge on any atom is 0.240 e. The second kappa shape index (κ2) is 7.39. The fourth-order valence-electron chi connectivity index (χ4n) is 5.07. The summed E-state index contributed by atoms with van der Waals surface area (Å²) < 4.78 is 35.3. The minimum atomic E-state index is -1.39. The highest BCUT2D eigenvalue weighted by Gasteiger charge is 2.57. The van der Waals surface area contributed by atoms with Crippen LogP contribution >= 0.6 is 23.2 Å². The number of hydrogen-bond acceptors (Lipinski definition) is 4. The van der Waals surface area contributed by atoms with Gasteiger partial charge in [-0.15, -0.1) is 0 Å². The van der Waals surface area contributed by atoms with E-state index < -0.39 is 29.1 Å². The van der Waals surface area contributed by atoms with Crippen molar-refractivity contribution in [3.05, 3.63) is 69.2 Å². The molecule has 3 heterocycles. The molecule has 3 aliphatic heterocycles. The third kappa shape index (κ3) is 3.26. The number of nitrogens with two attached hydrogens (primary N) is 1. The van der Waals surface area contributed by atoms with Crippen LogP contribution in [0.3, 0.4) is 0 Å². The van der Waals surface area contributed by atoms with Gasteiger partial charge in [0.15, 0.2) is 0 Å². The lowest BCUT2D eigenvalue weighted by molar-refractivity contribution is -0.196. The normalized spacial score (nSPS) is 29.0. The molecule has 3 aliphatic rings. The summed E-state index contributed by atoms with van der Waals surface area (Å²) in [5, 5.41) is 3.28. The van der Waals surface area contributed by atoms with Gasteiger partial charge >= 0.3 is 0 Å². The molecule has 0 aromatic heterocycles. The summed E-state index contributed by atoms with van der Waals surface area (Å²) in [6.07, 6.45) is 0. The highest BCUT2D eigenvalue weighted by molar-refractivity contribution is 6.31. The number of halogens is 4. The molecule has 1 amide bonds. The molecular weight excluding hydrogens is 447 g/mol. The number of carbonyl (C=O) groups is 1. The van der Waals surface area contributed by atoms with E-state index in [1.54, 1.807) is 17.0 Å². The van der Waals surface area contributed by atoms with Crippen LogP contribution in [0.15, 0.2) is 36.4 Å². The van der Waals surface area contributed by atoms with Crippen LogP contribution in [-0.2, 0) is 15.1 Å². The molecule has 164 valence electrons. The molecule has 3 atom stereocenters. The Kier molecular flexibility index (Phi) is 5.03. The van der Waals surface area contributed by atoms with Crippen molar-refractivity contribution in [2.24, 2.45) is 11.1 Å². The van der Waals surface area contributed by atoms with Gasteiger partial charge in [-0.2, -0.15) is 0 Å². The van der Waals surface area contributed by atoms with Crippen LogP contribution < -0.4 is 11.1 Å². The van der Waals surface area contributed by atoms with E-state index in [0.29, 0.717) is 26.3 Å². The molecule has 2 aromatic rings. The third-order valence-corrected chi connectivity index (χ3v) is 7.23. The van der Waals surface area contributed by atoms with Crippen molar-refractivity contribution in [3.8, 4) is 0 Å². The largest absolute Gasteiger partial charge is 0.380 e. The molecule has 3 saturated heterocycles. The van der Waals surface area contributed by atoms with E-state index in [-0.39, 0.29) is 39.0 Å². The van der Waals surface area contributed by atoms with Gasteiger partial charge in [-0.25, -0.2) is 8.78 Å². The van der Waals surface area contributed by atoms with Crippen LogP contribution in [0.2, 0.25) is 10.0 Å². The Hall–Kier alpha value is -1.77. The fraction of sp³-hybridized carbons (Fsp3) is 0.409. The summed E-state index contributed by atoms with van der Waals surface area (Å²) in [5.74, 6) is -2.33. The zero-order chi connectivity index (χ0) is 22.0. The number of carbonyl (C=O) groups excluding carboxylic acids is 1. The first-order chi connectivity index (χ1) is 14.7. The SMILES string of the molecule is N[C@]1(c2ccc(Cl)cc2F)CN[C@@H](C(=O)N2CC3(COC3)C2)[C@@H]1c1cccc(Cl)c1F. The summed E-state index contributed by atoms with van der Waals surface area (Å²) in [4.78, 5) is 15.1. The summed E-state index contributed by atoms with van der Waals surface area (Å²) in [6.45, 7) is 2.53. The predicted molar refractivity (Wildman–Crippen MR) is 113 cm³/mol. The molecule has 5 rings (SSSR count). The molecule has 31 heavy (non-hydrogen) atoms. The quantitative estimate of drug-likeness (QED) is 0.727. The van der Waals surface area contributed by atoms with Crippen LogP contribution in [0.25, 0.3) is 0 Å². The first kappa shape index (κ1) is 21.1. The van der Waals surface area contributed by atoms with E-state index >= 15 is 4.39 Å². The van der Waals surface area contributed by atoms with E-state index in [1.807, 2.05) is 0 Å². The third-order valence-electron chi connectivity index (χ3n) is 6.70. The van der Waals surface area contributed by atoms with Crippen molar-refractivity contribution in [3.63, 3.8) is 0 Å². The van der Waals surface area contributed by atoms with E-state index in [0.717, 1.165) is 0 Å². The molecular formula is C22H21Cl2F2N3O2. The van der Waals surface area contributed by atoms with E-state index in [4.69, 9.17) is 33.7 Å². The molecule has 9 heteroatoms. The van der Waals surface area contributed by atoms with Crippen molar-refractivity contribution in [1.29, 1.82) is 0 Å². The lowest BCUT2D eigenvalue weighted by Gasteiger charge is -2.55. The minimum absolute atomic E-state index is 0.0349. The van der Waals surface area contributed by atoms with Crippen LogP contribution in [-0.4, -0.2) is 49.7 Å². The number of ether oxygens (including phenoxy) is 1. The maximum atomic E-state index is 15.1. The Morgan fingerprint density at radius 2 is 1.94 bits per heavy atom. The van der Waals surface area contributed by atoms with Gasteiger partial charge in [-0.1, -0.05) is 41.4 Å². The number of benzene rings is 2. The van der Waals surface area contributed by atoms with Crippen LogP contribution in [0.5, 0.6) is 0 Å². The monoisotopic (exact) mass is 467 g/mol. The standard InChI is InChI=1S/C22H21Cl2F2N3O2/c23-12-4-5-14(16(25)6-12)22(27)7-28-19(17(22)13-2-1-3-15(24)18(13)26)20(30)29-8-21(9-29)10-31-11-21/h1-6,17,19,28H,7-11,27H2/t17-,19+,22-/m0/s1. The zero-order valence-electron chi connectivity index (χ0n) is 16.5. The van der Waals surface area contributed by atoms with Crippen LogP contribution in [0, 0.1) is 17.0 Å². The summed E-state index contributed by atoms with van der Waals surface area (Å²) in [6, 6.07) is 7.94. The molecule has 3 fully saturated rings. The van der Waals surface area contributed by atoms with E-state index in [9.17, 15) is 9.18 Å². The molecule has 2 aromatic carbocycles. The smallest absolute Gasteiger partial charge is 0.240 e. The van der Waals surface area contributed by atoms with Gasteiger partial charge in [-0.3, -0.25) is 4.79 Å². The van der Waals surface area contributed by atoms with Crippen molar-refractivity contribution < 1.29 is 18.3 Å². The van der Waals surface area contributed by atoms with Gasteiger partial charge in [0.1, 0.15) is 11.6 Å². The Morgan fingerprint density at radius 1 is 1.19 bits per heavy atom. The number of likely N-dealkylation sites (tertiary alicyclic amines) is 1. The topological polar surface area (TPSA) is 67.6 Å². The summed E-state index contributed by atoms with van der Waals surface area (Å²) >= 11 is 12.0. The molecule has 0 radical (unpaired) electrons. The van der Waals surface area contributed by atoms with Crippen LogP contribution in [0.1, 0.15) is 17.0 Å². The van der Waals surface area contributed by atoms with E-state index in [2.05, 4.69) is 5.32 Å². The minimum Gasteiger partial charge on any atom is -0.380 e. The van der Waals surface area contributed by atoms with Crippen molar-refractivity contribution in [2.75, 3.05) is 32.8 Å². The molecule has 1 spiro atoms. The molecule has 0 aliphatic carbocycles. The van der Waals surface area contributed by atoms with Gasteiger partial charge < -0.3 is 20.7 Å². The van der Waals surface area contributed by atoms with Crippen LogP contribution in [0.4, 0.5) is 8.78 Å². The average molecular weight is 468 g/mol. The van der Waals surface area contributed by atoms with E-state index in [1.165, 1.54) is 24.3 Å². The predicted octanol–water partition coefficient (Wildman–Crippen LogP) is 3.04. The molecule has 0 bridgehead atoms. The summed E-state index contributed by atoms with van der Waals surface area (Å²) in [5.41, 5.74) is 5.75. The van der Waals surface area contributed by atoms with Gasteiger partial charge in [-0.05, 0) is 23.8 Å². The van der Waals surface area contributed by atoms with Gasteiger partial charge in [0.05, 0.1) is 35.2 Å². The Morgan fingerprint density at radius 3 is 2.58 bits per heavy atom. The van der Waals surface area contributed by atoms with Crippen molar-refractivity contribution in [2.45, 2.75) is 17.5 Å².